The van der Waals surface area contributed by atoms with Gasteiger partial charge in [0.05, 0.1) is 40.5 Å². The van der Waals surface area contributed by atoms with Crippen LogP contribution in [0.15, 0.2) is 82.1 Å². The number of aromatic nitrogens is 4. The summed E-state index contributed by atoms with van der Waals surface area (Å²) in [6, 6.07) is 16.9. The van der Waals surface area contributed by atoms with Crippen LogP contribution < -0.4 is 39.0 Å². The van der Waals surface area contributed by atoms with E-state index >= 15 is 0 Å². The number of rotatable bonds is 17. The predicted molar refractivity (Wildman–Crippen MR) is 244 cm³/mol. The summed E-state index contributed by atoms with van der Waals surface area (Å²) in [5.74, 6) is 0.0507. The predicted octanol–water partition coefficient (Wildman–Crippen LogP) is 10.6. The number of carbonyl (C=O) groups is 1. The molecule has 4 aromatic heterocycles. The fourth-order valence-electron chi connectivity index (χ4n) is 8.03. The molecular weight excluding hydrogens is 966 g/mol. The summed E-state index contributed by atoms with van der Waals surface area (Å²) < 4.78 is 105. The van der Waals surface area contributed by atoms with Gasteiger partial charge in [-0.25, -0.2) is 6.57 Å². The van der Waals surface area contributed by atoms with Crippen LogP contribution in [0.4, 0.5) is 26.3 Å². The van der Waals surface area contributed by atoms with E-state index in [1.807, 2.05) is 61.1 Å². The summed E-state index contributed by atoms with van der Waals surface area (Å²) in [7, 11) is 0. The van der Waals surface area contributed by atoms with Gasteiger partial charge in [-0.1, -0.05) is 66.3 Å². The molecule has 4 heterocycles. The smallest absolute Gasteiger partial charge is 0.870 e. The summed E-state index contributed by atoms with van der Waals surface area (Å²) in [6.07, 6.45) is -1.72. The van der Waals surface area contributed by atoms with Crippen molar-refractivity contribution in [3.8, 4) is 11.5 Å². The zero-order chi connectivity index (χ0) is 48.0. The Morgan fingerprint density at radius 2 is 1.13 bits per heavy atom. The van der Waals surface area contributed by atoms with E-state index in [9.17, 15) is 31.1 Å². The molecule has 21 heteroatoms. The van der Waals surface area contributed by atoms with E-state index in [1.165, 1.54) is 18.2 Å². The van der Waals surface area contributed by atoms with E-state index in [4.69, 9.17) is 53.4 Å². The molecule has 69 heavy (non-hydrogen) atoms. The largest absolute Gasteiger partial charge is 1.00 e. The first-order valence-electron chi connectivity index (χ1n) is 21.4. The van der Waals surface area contributed by atoms with Crippen molar-refractivity contribution < 1.29 is 89.8 Å². The number of nitrogens with zero attached hydrogens (tertiary/aromatic N) is 5. The fourth-order valence-corrected chi connectivity index (χ4v) is 8.60. The Morgan fingerprint density at radius 3 is 1.54 bits per heavy atom. The van der Waals surface area contributed by atoms with Crippen molar-refractivity contribution in [1.82, 2.24) is 19.4 Å². The monoisotopic (exact) mass is 1010 g/mol. The van der Waals surface area contributed by atoms with Crippen molar-refractivity contribution in [3.05, 3.63) is 128 Å². The molecule has 0 atom stereocenters. The van der Waals surface area contributed by atoms with Gasteiger partial charge in [0.2, 0.25) is 6.54 Å². The molecule has 0 spiro atoms. The molecule has 0 aliphatic carbocycles. The number of alkyl halides is 6. The van der Waals surface area contributed by atoms with E-state index in [-0.39, 0.29) is 69.9 Å². The fraction of sp³-hybridized carbons (Fsp3) is 0.333. The molecule has 0 unspecified atom stereocenters. The Balaban J connectivity index is 0.000000250. The van der Waals surface area contributed by atoms with Gasteiger partial charge in [0.1, 0.15) is 11.5 Å². The topological polar surface area (TPSA) is 152 Å². The molecule has 0 saturated heterocycles. The number of halogens is 8. The number of aryl methyl sites for hydroxylation is 4. The first-order valence-corrected chi connectivity index (χ1v) is 22.1. The molecule has 8 aromatic rings. The van der Waals surface area contributed by atoms with Crippen LogP contribution in [-0.4, -0.2) is 49.2 Å². The number of fused-ring (bicyclic) bond motifs is 4. The molecule has 0 aliphatic heterocycles. The molecule has 8 rings (SSSR count). The standard InChI is InChI=1S/C24H21ClF3N3O2.C24H22ClF3N2O4.Na.H2O/c1-3-5-17-20(9-7-18-22(17)33-30-23(18)24(26,27)28)32-13-4-11-31-12-10-16-19(31)8-6-15(14-29-2)21(16)25;1-2-4-16-19(8-6-17-22(16)34-29-23(17)24(26,27)28)33-12-3-10-30-11-9-15-18(30)7-5-14(21(15)25)13-20(31)32;;/h6-10,12H,3-5,11,13-14H2,1H3;5-9,11H,2-4,10,12-13H2,1H3,(H,31,32);;1H2/q;;+1;/p-1. The second-order valence-electron chi connectivity index (χ2n) is 15.6. The quantitative estimate of drug-likeness (QED) is 0.0407. The Bertz CT molecular complexity index is 3100. The molecule has 0 amide bonds. The normalized spacial score (nSPS) is 11.6. The van der Waals surface area contributed by atoms with Crippen molar-refractivity contribution in [1.29, 1.82) is 0 Å². The van der Waals surface area contributed by atoms with Crippen LogP contribution in [0.3, 0.4) is 0 Å². The minimum Gasteiger partial charge on any atom is -0.870 e. The second-order valence-corrected chi connectivity index (χ2v) is 16.4. The van der Waals surface area contributed by atoms with Gasteiger partial charge in [0, 0.05) is 64.0 Å². The SMILES string of the molecule is CCCc1c(OCCCn2ccc3c(Cl)c(CC(=O)O)ccc32)ccc2c(C(F)(F)F)noc12.[C-]#[N+]Cc1ccc2c(ccn2CCCOc2ccc3c(C(F)(F)F)noc3c2CCC)c1Cl.[Na+].[OH-]. The van der Waals surface area contributed by atoms with Crippen molar-refractivity contribution in [2.75, 3.05) is 13.2 Å². The van der Waals surface area contributed by atoms with E-state index in [0.29, 0.717) is 96.6 Å². The second kappa shape index (κ2) is 23.5. The molecule has 2 N–H and O–H groups in total. The Labute approximate surface area is 423 Å². The van der Waals surface area contributed by atoms with Gasteiger partial charge in [-0.3, -0.25) is 4.79 Å². The number of hydrogen-bond donors (Lipinski definition) is 1. The third-order valence-electron chi connectivity index (χ3n) is 11.1. The van der Waals surface area contributed by atoms with E-state index in [0.717, 1.165) is 33.8 Å². The Morgan fingerprint density at radius 1 is 0.696 bits per heavy atom. The summed E-state index contributed by atoms with van der Waals surface area (Å²) in [5.41, 5.74) is 2.59. The molecule has 0 saturated carbocycles. The van der Waals surface area contributed by atoms with E-state index < -0.39 is 29.7 Å². The van der Waals surface area contributed by atoms with Crippen molar-refractivity contribution >= 4 is 72.9 Å². The molecule has 4 aromatic carbocycles. The van der Waals surface area contributed by atoms with Gasteiger partial charge in [0.15, 0.2) is 22.6 Å². The number of benzene rings is 4. The first-order chi connectivity index (χ1) is 32.0. The number of carboxylic acid groups (broad SMARTS) is 1. The molecule has 0 aliphatic rings. The van der Waals surface area contributed by atoms with Gasteiger partial charge in [-0.2, -0.15) is 26.3 Å². The maximum absolute atomic E-state index is 13.2. The van der Waals surface area contributed by atoms with Crippen LogP contribution in [0.1, 0.15) is 73.2 Å². The third-order valence-corrected chi connectivity index (χ3v) is 12.0. The number of carboxylic acids is 1. The minimum atomic E-state index is -4.59. The molecular formula is C48H44Cl2F6N5NaO7. The van der Waals surface area contributed by atoms with Crippen LogP contribution in [0.2, 0.25) is 10.0 Å². The summed E-state index contributed by atoms with van der Waals surface area (Å²) in [4.78, 5) is 14.4. The summed E-state index contributed by atoms with van der Waals surface area (Å²) in [5, 5.41) is 18.1. The zero-order valence-electron chi connectivity index (χ0n) is 37.6. The Kier molecular flexibility index (Phi) is 18.5. The van der Waals surface area contributed by atoms with Crippen LogP contribution in [0.25, 0.3) is 48.6 Å². The van der Waals surface area contributed by atoms with Crippen LogP contribution >= 0.6 is 23.2 Å². The van der Waals surface area contributed by atoms with E-state index in [2.05, 4.69) is 19.7 Å². The average Bonchev–Trinajstić information content (AvgIpc) is 4.10. The third kappa shape index (κ3) is 12.1. The number of aliphatic carboxylic acids is 1. The molecule has 0 fully saturated rings. The van der Waals surface area contributed by atoms with Gasteiger partial charge in [-0.05, 0) is 85.8 Å². The minimum absolute atomic E-state index is 0. The number of hydrogen-bond acceptors (Lipinski definition) is 8. The molecule has 360 valence electrons. The van der Waals surface area contributed by atoms with Crippen LogP contribution in [0.5, 0.6) is 11.5 Å². The summed E-state index contributed by atoms with van der Waals surface area (Å²) >= 11 is 12.8. The molecule has 0 bridgehead atoms. The van der Waals surface area contributed by atoms with Crippen LogP contribution in [-0.2, 0) is 56.0 Å². The van der Waals surface area contributed by atoms with Crippen LogP contribution in [0, 0.1) is 6.57 Å². The number of ether oxygens (including phenoxy) is 2. The average molecular weight is 1010 g/mol. The first kappa shape index (κ1) is 54.5. The van der Waals surface area contributed by atoms with Gasteiger partial charge in [0.25, 0.3) is 0 Å². The van der Waals surface area contributed by atoms with Crippen molar-refractivity contribution in [2.45, 2.75) is 90.8 Å². The molecule has 12 nitrogen and oxygen atoms in total. The van der Waals surface area contributed by atoms with E-state index in [1.54, 1.807) is 12.1 Å². The van der Waals surface area contributed by atoms with Gasteiger partial charge >= 0.3 is 47.9 Å². The zero-order valence-corrected chi connectivity index (χ0v) is 41.1. The Hall–Kier alpha value is -5.42. The van der Waals surface area contributed by atoms with Crippen molar-refractivity contribution in [2.24, 2.45) is 0 Å². The molecule has 0 radical (unpaired) electrons. The van der Waals surface area contributed by atoms with Crippen molar-refractivity contribution in [3.63, 3.8) is 0 Å². The van der Waals surface area contributed by atoms with Gasteiger partial charge in [-0.15, -0.1) is 0 Å². The maximum Gasteiger partial charge on any atom is 1.00 e. The summed E-state index contributed by atoms with van der Waals surface area (Å²) in [6.45, 7) is 13.2. The maximum atomic E-state index is 13.2. The van der Waals surface area contributed by atoms with Gasteiger partial charge < -0.3 is 43.1 Å².